The molecule has 3 nitrogen and oxygen atoms in total. The Morgan fingerprint density at radius 3 is 2.53 bits per heavy atom. The van der Waals surface area contributed by atoms with Crippen LogP contribution in [0.15, 0.2) is 4.99 Å². The lowest BCUT2D eigenvalue weighted by molar-refractivity contribution is 0.339. The Morgan fingerprint density at radius 1 is 1.24 bits per heavy atom. The molecule has 1 fully saturated rings. The lowest BCUT2D eigenvalue weighted by Crippen LogP contribution is -2.38. The van der Waals surface area contributed by atoms with Crippen molar-refractivity contribution in [3.63, 3.8) is 0 Å². The third-order valence-electron chi connectivity index (χ3n) is 3.66. The summed E-state index contributed by atoms with van der Waals surface area (Å²) in [4.78, 5) is 6.75. The monoisotopic (exact) mass is 239 g/mol. The van der Waals surface area contributed by atoms with E-state index in [1.54, 1.807) is 0 Å². The second-order valence-electron chi connectivity index (χ2n) is 6.01. The normalized spacial score (nSPS) is 23.3. The summed E-state index contributed by atoms with van der Waals surface area (Å²) < 4.78 is 0. The molecular formula is C14H29N3. The van der Waals surface area contributed by atoms with Gasteiger partial charge in [0, 0.05) is 19.6 Å². The molecule has 0 aliphatic carbocycles. The number of aliphatic imine (C=N–C) groups is 1. The van der Waals surface area contributed by atoms with Crippen LogP contribution in [-0.2, 0) is 0 Å². The number of hydrogen-bond donors (Lipinski definition) is 1. The highest BCUT2D eigenvalue weighted by Gasteiger charge is 2.20. The number of likely N-dealkylation sites (tertiary alicyclic amines) is 1. The van der Waals surface area contributed by atoms with Gasteiger partial charge >= 0.3 is 0 Å². The molecule has 0 aromatic heterocycles. The first kappa shape index (κ1) is 14.3. The van der Waals surface area contributed by atoms with Gasteiger partial charge in [0.1, 0.15) is 0 Å². The second kappa shape index (κ2) is 6.87. The quantitative estimate of drug-likeness (QED) is 0.608. The molecule has 0 saturated carbocycles. The van der Waals surface area contributed by atoms with E-state index in [1.165, 1.54) is 19.3 Å². The fourth-order valence-electron chi connectivity index (χ4n) is 2.39. The first-order valence-electron chi connectivity index (χ1n) is 7.05. The van der Waals surface area contributed by atoms with E-state index in [0.29, 0.717) is 5.92 Å². The highest BCUT2D eigenvalue weighted by atomic mass is 15.2. The van der Waals surface area contributed by atoms with Gasteiger partial charge in [-0.3, -0.25) is 4.99 Å². The lowest BCUT2D eigenvalue weighted by Gasteiger charge is -2.22. The van der Waals surface area contributed by atoms with Crippen molar-refractivity contribution in [1.82, 2.24) is 4.90 Å². The molecule has 1 heterocycles. The maximum atomic E-state index is 6.06. The minimum Gasteiger partial charge on any atom is -0.370 e. The summed E-state index contributed by atoms with van der Waals surface area (Å²) in [6, 6.07) is 0. The minimum absolute atomic E-state index is 0.587. The Balaban J connectivity index is 2.47. The number of nitrogens with two attached hydrogens (primary N) is 1. The predicted molar refractivity (Wildman–Crippen MR) is 75.1 cm³/mol. The third kappa shape index (κ3) is 4.97. The SMILES string of the molecule is CC(C)CN=C(N)N1CCCC(C(C)C)CC1. The molecule has 0 radical (unpaired) electrons. The van der Waals surface area contributed by atoms with Crippen LogP contribution < -0.4 is 5.73 Å². The largest absolute Gasteiger partial charge is 0.370 e. The van der Waals surface area contributed by atoms with Crippen molar-refractivity contribution in [3.05, 3.63) is 0 Å². The minimum atomic E-state index is 0.587. The van der Waals surface area contributed by atoms with Gasteiger partial charge in [-0.15, -0.1) is 0 Å². The van der Waals surface area contributed by atoms with Crippen molar-refractivity contribution in [1.29, 1.82) is 0 Å². The third-order valence-corrected chi connectivity index (χ3v) is 3.66. The number of rotatable bonds is 3. The van der Waals surface area contributed by atoms with E-state index in [0.717, 1.165) is 37.4 Å². The van der Waals surface area contributed by atoms with Crippen LogP contribution in [0.2, 0.25) is 0 Å². The molecule has 100 valence electrons. The zero-order valence-corrected chi connectivity index (χ0v) is 11.9. The van der Waals surface area contributed by atoms with E-state index in [4.69, 9.17) is 5.73 Å². The van der Waals surface area contributed by atoms with E-state index in [2.05, 4.69) is 37.6 Å². The van der Waals surface area contributed by atoms with Crippen LogP contribution in [0.1, 0.15) is 47.0 Å². The number of guanidine groups is 1. The van der Waals surface area contributed by atoms with E-state index < -0.39 is 0 Å². The van der Waals surface area contributed by atoms with Gasteiger partial charge in [-0.2, -0.15) is 0 Å². The Morgan fingerprint density at radius 2 is 1.94 bits per heavy atom. The van der Waals surface area contributed by atoms with Gasteiger partial charge in [-0.25, -0.2) is 0 Å². The van der Waals surface area contributed by atoms with Gasteiger partial charge in [-0.1, -0.05) is 27.7 Å². The smallest absolute Gasteiger partial charge is 0.191 e. The summed E-state index contributed by atoms with van der Waals surface area (Å²) in [6.45, 7) is 12.0. The molecule has 3 heteroatoms. The van der Waals surface area contributed by atoms with Crippen molar-refractivity contribution in [2.24, 2.45) is 28.5 Å². The summed E-state index contributed by atoms with van der Waals surface area (Å²) in [5.41, 5.74) is 6.06. The van der Waals surface area contributed by atoms with E-state index in [1.807, 2.05) is 0 Å². The maximum absolute atomic E-state index is 6.06. The van der Waals surface area contributed by atoms with Crippen LogP contribution in [0.4, 0.5) is 0 Å². The van der Waals surface area contributed by atoms with Gasteiger partial charge in [0.05, 0.1) is 0 Å². The van der Waals surface area contributed by atoms with Crippen LogP contribution in [0, 0.1) is 17.8 Å². The highest BCUT2D eigenvalue weighted by Crippen LogP contribution is 2.24. The topological polar surface area (TPSA) is 41.6 Å². The molecular weight excluding hydrogens is 210 g/mol. The fraction of sp³-hybridized carbons (Fsp3) is 0.929. The van der Waals surface area contributed by atoms with Gasteiger partial charge in [0.15, 0.2) is 5.96 Å². The molecule has 0 spiro atoms. The van der Waals surface area contributed by atoms with Gasteiger partial charge in [-0.05, 0) is 37.0 Å². The first-order chi connectivity index (χ1) is 8.00. The maximum Gasteiger partial charge on any atom is 0.191 e. The standard InChI is InChI=1S/C14H29N3/c1-11(2)10-16-14(15)17-8-5-6-13(7-9-17)12(3)4/h11-13H,5-10H2,1-4H3,(H2,15,16). The average Bonchev–Trinajstić information content (AvgIpc) is 2.51. The van der Waals surface area contributed by atoms with Crippen molar-refractivity contribution in [3.8, 4) is 0 Å². The molecule has 0 bridgehead atoms. The van der Waals surface area contributed by atoms with Crippen LogP contribution >= 0.6 is 0 Å². The van der Waals surface area contributed by atoms with Crippen LogP contribution in [-0.4, -0.2) is 30.5 Å². The molecule has 1 aliphatic heterocycles. The summed E-state index contributed by atoms with van der Waals surface area (Å²) >= 11 is 0. The van der Waals surface area contributed by atoms with E-state index in [-0.39, 0.29) is 0 Å². The van der Waals surface area contributed by atoms with Crippen molar-refractivity contribution in [2.75, 3.05) is 19.6 Å². The molecule has 0 amide bonds. The molecule has 1 rings (SSSR count). The zero-order valence-electron chi connectivity index (χ0n) is 11.9. The Bertz CT molecular complexity index is 246. The first-order valence-corrected chi connectivity index (χ1v) is 7.05. The molecule has 2 N–H and O–H groups in total. The molecule has 1 atom stereocenters. The lowest BCUT2D eigenvalue weighted by atomic mass is 9.89. The van der Waals surface area contributed by atoms with Gasteiger partial charge in [0.25, 0.3) is 0 Å². The number of hydrogen-bond acceptors (Lipinski definition) is 1. The fourth-order valence-corrected chi connectivity index (χ4v) is 2.39. The molecule has 1 unspecified atom stereocenters. The predicted octanol–water partition coefficient (Wildman–Crippen LogP) is 2.72. The summed E-state index contributed by atoms with van der Waals surface area (Å²) in [5, 5.41) is 0. The molecule has 1 saturated heterocycles. The van der Waals surface area contributed by atoms with Crippen LogP contribution in [0.3, 0.4) is 0 Å². The van der Waals surface area contributed by atoms with Crippen LogP contribution in [0.25, 0.3) is 0 Å². The summed E-state index contributed by atoms with van der Waals surface area (Å²) in [6.07, 6.45) is 3.85. The Hall–Kier alpha value is -0.730. The average molecular weight is 239 g/mol. The molecule has 0 aromatic carbocycles. The molecule has 0 aromatic rings. The van der Waals surface area contributed by atoms with Gasteiger partial charge in [0.2, 0.25) is 0 Å². The Kier molecular flexibility index (Phi) is 5.79. The Labute approximate surface area is 106 Å². The van der Waals surface area contributed by atoms with Crippen molar-refractivity contribution < 1.29 is 0 Å². The summed E-state index contributed by atoms with van der Waals surface area (Å²) in [5.74, 6) is 2.99. The highest BCUT2D eigenvalue weighted by molar-refractivity contribution is 5.78. The summed E-state index contributed by atoms with van der Waals surface area (Å²) in [7, 11) is 0. The zero-order chi connectivity index (χ0) is 12.8. The molecule has 1 aliphatic rings. The van der Waals surface area contributed by atoms with Crippen LogP contribution in [0.5, 0.6) is 0 Å². The van der Waals surface area contributed by atoms with E-state index in [9.17, 15) is 0 Å². The number of nitrogens with zero attached hydrogens (tertiary/aromatic N) is 2. The van der Waals surface area contributed by atoms with Crippen molar-refractivity contribution in [2.45, 2.75) is 47.0 Å². The molecule has 17 heavy (non-hydrogen) atoms. The van der Waals surface area contributed by atoms with Crippen molar-refractivity contribution >= 4 is 5.96 Å². The second-order valence-corrected chi connectivity index (χ2v) is 6.01. The van der Waals surface area contributed by atoms with Gasteiger partial charge < -0.3 is 10.6 Å². The van der Waals surface area contributed by atoms with E-state index >= 15 is 0 Å².